The number of aryl methyl sites for hydroxylation is 2. The van der Waals surface area contributed by atoms with Crippen LogP contribution in [0.25, 0.3) is 0 Å². The number of unbranched alkanes of at least 4 members (excludes halogenated alkanes) is 7. The van der Waals surface area contributed by atoms with Crippen LogP contribution in [0.1, 0.15) is 69.4 Å². The minimum Gasteiger partial charge on any atom is -0.493 e. The van der Waals surface area contributed by atoms with E-state index in [4.69, 9.17) is 4.74 Å². The smallest absolute Gasteiger partial charge is 0.122 e. The molecule has 0 bridgehead atoms. The van der Waals surface area contributed by atoms with Crippen LogP contribution in [0.4, 0.5) is 0 Å². The van der Waals surface area contributed by atoms with E-state index in [2.05, 4.69) is 39.0 Å². The molecule has 1 heteroatoms. The Kier molecular flexibility index (Phi) is 8.36. The number of rotatable bonds is 10. The minimum atomic E-state index is 0.860. The molecule has 0 aliphatic rings. The van der Waals surface area contributed by atoms with Crippen molar-refractivity contribution in [3.63, 3.8) is 0 Å². The van der Waals surface area contributed by atoms with Gasteiger partial charge in [-0.25, -0.2) is 0 Å². The Morgan fingerprint density at radius 1 is 0.842 bits per heavy atom. The summed E-state index contributed by atoms with van der Waals surface area (Å²) in [5, 5.41) is 0. The molecule has 0 saturated carbocycles. The lowest BCUT2D eigenvalue weighted by molar-refractivity contribution is 0.302. The van der Waals surface area contributed by atoms with Crippen molar-refractivity contribution in [3.8, 4) is 5.75 Å². The first-order valence-electron chi connectivity index (χ1n) is 7.94. The van der Waals surface area contributed by atoms with E-state index in [-0.39, 0.29) is 0 Å². The predicted molar refractivity (Wildman–Crippen MR) is 84.0 cm³/mol. The van der Waals surface area contributed by atoms with Gasteiger partial charge in [0, 0.05) is 0 Å². The highest BCUT2D eigenvalue weighted by Crippen LogP contribution is 2.19. The van der Waals surface area contributed by atoms with E-state index in [1.807, 2.05) is 0 Å². The molecular weight excluding hydrogens is 232 g/mol. The highest BCUT2D eigenvalue weighted by Gasteiger charge is 1.99. The molecule has 0 atom stereocenters. The van der Waals surface area contributed by atoms with Crippen molar-refractivity contribution < 1.29 is 4.74 Å². The van der Waals surface area contributed by atoms with Crippen molar-refractivity contribution in [1.82, 2.24) is 0 Å². The Balaban J connectivity index is 2.01. The maximum absolute atomic E-state index is 5.84. The topological polar surface area (TPSA) is 9.23 Å². The van der Waals surface area contributed by atoms with Gasteiger partial charge in [0.25, 0.3) is 0 Å². The summed E-state index contributed by atoms with van der Waals surface area (Å²) in [5.41, 5.74) is 2.55. The van der Waals surface area contributed by atoms with Gasteiger partial charge in [-0.2, -0.15) is 0 Å². The first-order valence-corrected chi connectivity index (χ1v) is 7.94. The first kappa shape index (κ1) is 16.1. The summed E-state index contributed by atoms with van der Waals surface area (Å²) in [4.78, 5) is 0. The molecule has 0 saturated heterocycles. The monoisotopic (exact) mass is 262 g/mol. The molecule has 1 nitrogen and oxygen atoms in total. The van der Waals surface area contributed by atoms with E-state index in [0.29, 0.717) is 0 Å². The van der Waals surface area contributed by atoms with Crippen molar-refractivity contribution in [1.29, 1.82) is 0 Å². The molecule has 0 fully saturated rings. The Hall–Kier alpha value is -0.980. The first-order chi connectivity index (χ1) is 9.24. The molecule has 108 valence electrons. The maximum Gasteiger partial charge on any atom is 0.122 e. The molecule has 0 unspecified atom stereocenters. The van der Waals surface area contributed by atoms with Gasteiger partial charge in [0.1, 0.15) is 5.75 Å². The van der Waals surface area contributed by atoms with Crippen LogP contribution >= 0.6 is 0 Å². The van der Waals surface area contributed by atoms with E-state index in [0.717, 1.165) is 12.4 Å². The summed E-state index contributed by atoms with van der Waals surface area (Å²) in [6, 6.07) is 6.40. The summed E-state index contributed by atoms with van der Waals surface area (Å²) in [6.45, 7) is 7.37. The van der Waals surface area contributed by atoms with Crippen LogP contribution in [0.2, 0.25) is 0 Å². The fraction of sp³-hybridized carbons (Fsp3) is 0.667. The third-order valence-corrected chi connectivity index (χ3v) is 3.59. The lowest BCUT2D eigenvalue weighted by Crippen LogP contribution is -1.99. The minimum absolute atomic E-state index is 0.860. The summed E-state index contributed by atoms with van der Waals surface area (Å²) < 4.78 is 5.84. The third kappa shape index (κ3) is 7.25. The van der Waals surface area contributed by atoms with E-state index >= 15 is 0 Å². The lowest BCUT2D eigenvalue weighted by Gasteiger charge is -2.09. The fourth-order valence-corrected chi connectivity index (χ4v) is 2.38. The number of hydrogen-bond acceptors (Lipinski definition) is 1. The summed E-state index contributed by atoms with van der Waals surface area (Å²) >= 11 is 0. The van der Waals surface area contributed by atoms with Crippen molar-refractivity contribution in [2.24, 2.45) is 0 Å². The van der Waals surface area contributed by atoms with E-state index < -0.39 is 0 Å². The molecule has 1 aromatic rings. The molecule has 0 N–H and O–H groups in total. The molecule has 0 aliphatic heterocycles. The standard InChI is InChI=1S/C18H30O/c1-4-5-6-7-8-9-10-11-14-19-18-13-12-16(2)15-17(18)3/h12-13,15H,4-11,14H2,1-3H3. The molecule has 0 spiro atoms. The van der Waals surface area contributed by atoms with Crippen LogP contribution in [0.5, 0.6) is 5.75 Å². The van der Waals surface area contributed by atoms with Crippen molar-refractivity contribution >= 4 is 0 Å². The van der Waals surface area contributed by atoms with Gasteiger partial charge in [-0.05, 0) is 31.9 Å². The van der Waals surface area contributed by atoms with Gasteiger partial charge in [-0.3, -0.25) is 0 Å². The molecule has 0 radical (unpaired) electrons. The highest BCUT2D eigenvalue weighted by molar-refractivity contribution is 5.35. The fourth-order valence-electron chi connectivity index (χ4n) is 2.38. The summed E-state index contributed by atoms with van der Waals surface area (Å²) in [6.07, 6.45) is 10.8. The average molecular weight is 262 g/mol. The van der Waals surface area contributed by atoms with Gasteiger partial charge in [-0.1, -0.05) is 69.6 Å². The molecule has 0 aliphatic carbocycles. The number of ether oxygens (including phenoxy) is 1. The molecule has 0 amide bonds. The summed E-state index contributed by atoms with van der Waals surface area (Å²) in [7, 11) is 0. The summed E-state index contributed by atoms with van der Waals surface area (Å²) in [5.74, 6) is 1.05. The van der Waals surface area contributed by atoms with Gasteiger partial charge in [0.2, 0.25) is 0 Å². The third-order valence-electron chi connectivity index (χ3n) is 3.59. The quantitative estimate of drug-likeness (QED) is 0.482. The van der Waals surface area contributed by atoms with Gasteiger partial charge < -0.3 is 4.74 Å². The van der Waals surface area contributed by atoms with Crippen molar-refractivity contribution in [3.05, 3.63) is 29.3 Å². The molecule has 19 heavy (non-hydrogen) atoms. The predicted octanol–water partition coefficient (Wildman–Crippen LogP) is 5.82. The van der Waals surface area contributed by atoms with Crippen LogP contribution < -0.4 is 4.74 Å². The second kappa shape index (κ2) is 9.89. The molecule has 0 aromatic heterocycles. The van der Waals surface area contributed by atoms with Crippen LogP contribution in [-0.2, 0) is 0 Å². The largest absolute Gasteiger partial charge is 0.493 e. The Morgan fingerprint density at radius 2 is 1.47 bits per heavy atom. The van der Waals surface area contributed by atoms with Crippen LogP contribution in [0, 0.1) is 13.8 Å². The van der Waals surface area contributed by atoms with Crippen molar-refractivity contribution in [2.45, 2.75) is 72.1 Å². The van der Waals surface area contributed by atoms with Crippen LogP contribution in [0.15, 0.2) is 18.2 Å². The van der Waals surface area contributed by atoms with Crippen molar-refractivity contribution in [2.75, 3.05) is 6.61 Å². The Morgan fingerprint density at radius 3 is 2.11 bits per heavy atom. The van der Waals surface area contributed by atoms with Gasteiger partial charge in [-0.15, -0.1) is 0 Å². The lowest BCUT2D eigenvalue weighted by atomic mass is 10.1. The zero-order valence-electron chi connectivity index (χ0n) is 13.0. The van der Waals surface area contributed by atoms with E-state index in [9.17, 15) is 0 Å². The Bertz CT molecular complexity index is 344. The second-order valence-electron chi connectivity index (χ2n) is 5.59. The van der Waals surface area contributed by atoms with Crippen LogP contribution in [0.3, 0.4) is 0 Å². The number of benzene rings is 1. The van der Waals surface area contributed by atoms with Gasteiger partial charge in [0.15, 0.2) is 0 Å². The molecular formula is C18H30O. The zero-order chi connectivity index (χ0) is 13.9. The maximum atomic E-state index is 5.84. The number of hydrogen-bond donors (Lipinski definition) is 0. The van der Waals surface area contributed by atoms with Gasteiger partial charge >= 0.3 is 0 Å². The molecule has 1 aromatic carbocycles. The average Bonchev–Trinajstić information content (AvgIpc) is 2.39. The SMILES string of the molecule is CCCCCCCCCCOc1ccc(C)cc1C. The highest BCUT2D eigenvalue weighted by atomic mass is 16.5. The second-order valence-corrected chi connectivity index (χ2v) is 5.59. The van der Waals surface area contributed by atoms with E-state index in [1.165, 1.54) is 62.5 Å². The van der Waals surface area contributed by atoms with Crippen LogP contribution in [-0.4, -0.2) is 6.61 Å². The molecule has 1 rings (SSSR count). The normalized spacial score (nSPS) is 10.7. The zero-order valence-corrected chi connectivity index (χ0v) is 13.0. The van der Waals surface area contributed by atoms with Gasteiger partial charge in [0.05, 0.1) is 6.61 Å². The van der Waals surface area contributed by atoms with E-state index in [1.54, 1.807) is 0 Å². The molecule has 0 heterocycles. The Labute approximate surface area is 119 Å².